The number of carbonyl (C=O) groups excluding carboxylic acids is 2. The summed E-state index contributed by atoms with van der Waals surface area (Å²) in [6.45, 7) is 9.40. The van der Waals surface area contributed by atoms with E-state index in [1.165, 1.54) is 16.3 Å². The molecular formula is C23H27N2NaO3. The zero-order valence-corrected chi connectivity index (χ0v) is 19.7. The number of hydrogen-bond donors (Lipinski definition) is 1. The summed E-state index contributed by atoms with van der Waals surface area (Å²) in [5.74, 6) is -1.20. The van der Waals surface area contributed by atoms with Gasteiger partial charge in [-0.05, 0) is 35.1 Å². The smallest absolute Gasteiger partial charge is 0.846 e. The third-order valence-electron chi connectivity index (χ3n) is 5.37. The van der Waals surface area contributed by atoms with Crippen LogP contribution in [-0.4, -0.2) is 17.8 Å². The van der Waals surface area contributed by atoms with E-state index in [0.29, 0.717) is 6.42 Å². The molecule has 2 aromatic rings. The number of nitrogens with one attached hydrogen (secondary N) is 1. The van der Waals surface area contributed by atoms with E-state index < -0.39 is 23.3 Å². The van der Waals surface area contributed by atoms with Crippen molar-refractivity contribution in [3.05, 3.63) is 54.6 Å². The maximum atomic E-state index is 11.9. The second kappa shape index (κ2) is 11.3. The molecule has 5 nitrogen and oxygen atoms in total. The van der Waals surface area contributed by atoms with Gasteiger partial charge in [0.2, 0.25) is 5.91 Å². The molecule has 0 aliphatic carbocycles. The largest absolute Gasteiger partial charge is 1.00 e. The molecule has 0 radical (unpaired) electrons. The quantitative estimate of drug-likeness (QED) is 0.590. The fraction of sp³-hybridized carbons (Fsp3) is 0.348. The number of rotatable bonds is 5. The predicted molar refractivity (Wildman–Crippen MR) is 111 cm³/mol. The Morgan fingerprint density at radius 2 is 1.83 bits per heavy atom. The van der Waals surface area contributed by atoms with E-state index in [4.69, 9.17) is 0 Å². The van der Waals surface area contributed by atoms with E-state index >= 15 is 0 Å². The molecular weight excluding hydrogens is 375 g/mol. The molecule has 0 fully saturated rings. The van der Waals surface area contributed by atoms with Gasteiger partial charge in [-0.3, -0.25) is 9.59 Å². The van der Waals surface area contributed by atoms with Crippen molar-refractivity contribution in [2.75, 3.05) is 0 Å². The first kappa shape index (κ1) is 25.1. The number of carbonyl (C=O) groups is 2. The van der Waals surface area contributed by atoms with Crippen molar-refractivity contribution in [1.29, 1.82) is 0 Å². The summed E-state index contributed by atoms with van der Waals surface area (Å²) in [4.78, 5) is 27.1. The van der Waals surface area contributed by atoms with Crippen LogP contribution in [0.1, 0.15) is 45.6 Å². The van der Waals surface area contributed by atoms with Crippen LogP contribution in [0.2, 0.25) is 0 Å². The van der Waals surface area contributed by atoms with Crippen LogP contribution < -0.4 is 40.0 Å². The first-order chi connectivity index (χ1) is 13.4. The van der Waals surface area contributed by atoms with Crippen LogP contribution in [-0.2, 0) is 9.59 Å². The van der Waals surface area contributed by atoms with Gasteiger partial charge in [0, 0.05) is 0 Å². The number of benzene rings is 2. The van der Waals surface area contributed by atoms with Gasteiger partial charge in [-0.25, -0.2) is 4.99 Å². The molecule has 0 aromatic heterocycles. The van der Waals surface area contributed by atoms with Crippen molar-refractivity contribution >= 4 is 34.7 Å². The Kier molecular flexibility index (Phi) is 9.77. The summed E-state index contributed by atoms with van der Waals surface area (Å²) < 4.78 is 0. The fourth-order valence-electron chi connectivity index (χ4n) is 3.73. The molecule has 1 N–H and O–H groups in total. The summed E-state index contributed by atoms with van der Waals surface area (Å²) in [6.07, 6.45) is 3.91. The topological polar surface area (TPSA) is 81.6 Å². The maximum absolute atomic E-state index is 11.9. The Bertz CT molecular complexity index is 905. The number of nitrogens with zero attached hydrogens (tertiary/aromatic N) is 1. The van der Waals surface area contributed by atoms with Gasteiger partial charge in [-0.1, -0.05) is 82.3 Å². The molecule has 0 saturated heterocycles. The molecule has 3 rings (SSSR count). The van der Waals surface area contributed by atoms with Gasteiger partial charge in [-0.2, -0.15) is 0 Å². The third kappa shape index (κ3) is 5.35. The van der Waals surface area contributed by atoms with E-state index in [-0.39, 0.29) is 35.5 Å². The van der Waals surface area contributed by atoms with Crippen molar-refractivity contribution in [3.63, 3.8) is 0 Å². The summed E-state index contributed by atoms with van der Waals surface area (Å²) in [5.41, 5.74) is 0.0531. The molecule has 0 saturated carbocycles. The van der Waals surface area contributed by atoms with E-state index in [1.807, 2.05) is 19.9 Å². The molecule has 6 heteroatoms. The third-order valence-corrected chi connectivity index (χ3v) is 5.37. The monoisotopic (exact) mass is 402 g/mol. The van der Waals surface area contributed by atoms with Gasteiger partial charge in [0.1, 0.15) is 5.41 Å². The number of hydrogen-bond acceptors (Lipinski definition) is 3. The van der Waals surface area contributed by atoms with E-state index in [0.717, 1.165) is 12.8 Å². The van der Waals surface area contributed by atoms with Crippen LogP contribution in [0.4, 0.5) is 0 Å². The second-order valence-corrected chi connectivity index (χ2v) is 6.96. The summed E-state index contributed by atoms with van der Waals surface area (Å²) in [7, 11) is 0. The van der Waals surface area contributed by atoms with Crippen LogP contribution in [0.25, 0.3) is 16.8 Å². The van der Waals surface area contributed by atoms with Crippen molar-refractivity contribution in [2.45, 2.75) is 40.0 Å². The molecule has 148 valence electrons. The van der Waals surface area contributed by atoms with Crippen LogP contribution in [0.3, 0.4) is 0 Å². The Balaban J connectivity index is 0.000000289. The second-order valence-electron chi connectivity index (χ2n) is 6.96. The minimum atomic E-state index is -1.15. The summed E-state index contributed by atoms with van der Waals surface area (Å²) >= 11 is 0. The van der Waals surface area contributed by atoms with Gasteiger partial charge < -0.3 is 10.4 Å². The normalized spacial score (nSPS) is 19.2. The van der Waals surface area contributed by atoms with E-state index in [1.54, 1.807) is 6.92 Å². The van der Waals surface area contributed by atoms with Gasteiger partial charge in [-0.15, -0.1) is 0 Å². The van der Waals surface area contributed by atoms with Crippen LogP contribution in [0.5, 0.6) is 0 Å². The molecule has 1 heterocycles. The SMILES string of the molecule is C=Cc1cccc2ccccc12.CCCC(C)C1(CC)C(=O)N=C([O-])NC1=O.[Na+]. The molecule has 2 aromatic carbocycles. The van der Waals surface area contributed by atoms with Crippen molar-refractivity contribution in [3.8, 4) is 0 Å². The van der Waals surface area contributed by atoms with Crippen molar-refractivity contribution in [1.82, 2.24) is 5.32 Å². The Morgan fingerprint density at radius 1 is 1.17 bits per heavy atom. The molecule has 1 aliphatic heterocycles. The van der Waals surface area contributed by atoms with Crippen LogP contribution in [0, 0.1) is 11.3 Å². The summed E-state index contributed by atoms with van der Waals surface area (Å²) in [6, 6.07) is 13.7. The zero-order chi connectivity index (χ0) is 20.7. The van der Waals surface area contributed by atoms with Crippen LogP contribution in [0.15, 0.2) is 54.0 Å². The molecule has 29 heavy (non-hydrogen) atoms. The standard InChI is InChI=1S/C12H10.C11H18N2O3.Na/c1-2-10-7-5-8-11-6-3-4-9-12(10)11;1-4-6-7(3)11(5-2)8(14)12-10(16)13-9(11)15;/h2-9H,1H2;7H,4-6H2,1-3H3,(H2,12,13,14,15,16);/q;;+1/p-1. The zero-order valence-electron chi connectivity index (χ0n) is 17.7. The Morgan fingerprint density at radius 3 is 2.41 bits per heavy atom. The first-order valence-electron chi connectivity index (χ1n) is 9.62. The Labute approximate surface area is 194 Å². The maximum Gasteiger partial charge on any atom is 1.00 e. The Hall–Kier alpha value is -1.95. The molecule has 2 unspecified atom stereocenters. The van der Waals surface area contributed by atoms with Gasteiger partial charge in [0.25, 0.3) is 5.91 Å². The first-order valence-corrected chi connectivity index (χ1v) is 9.62. The molecule has 0 bridgehead atoms. The van der Waals surface area contributed by atoms with Crippen molar-refractivity contribution < 1.29 is 44.3 Å². The minimum Gasteiger partial charge on any atom is -0.846 e. The number of fused-ring (bicyclic) bond motifs is 1. The molecule has 1 aliphatic rings. The number of amidine groups is 1. The fourth-order valence-corrected chi connectivity index (χ4v) is 3.73. The molecule has 0 spiro atoms. The van der Waals surface area contributed by atoms with E-state index in [2.05, 4.69) is 59.4 Å². The number of amides is 2. The number of aliphatic imine (C=N–C) groups is 1. The van der Waals surface area contributed by atoms with Crippen LogP contribution >= 0.6 is 0 Å². The van der Waals surface area contributed by atoms with E-state index in [9.17, 15) is 14.7 Å². The molecule has 2 atom stereocenters. The summed E-state index contributed by atoms with van der Waals surface area (Å²) in [5, 5.41) is 15.6. The van der Waals surface area contributed by atoms with Gasteiger partial charge in [0.15, 0.2) is 0 Å². The average Bonchev–Trinajstić information content (AvgIpc) is 2.68. The minimum absolute atomic E-state index is 0. The van der Waals surface area contributed by atoms with Gasteiger partial charge in [0.05, 0.1) is 6.02 Å². The average molecular weight is 402 g/mol. The van der Waals surface area contributed by atoms with Gasteiger partial charge >= 0.3 is 29.6 Å². The van der Waals surface area contributed by atoms with Crippen molar-refractivity contribution in [2.24, 2.45) is 16.3 Å². The molecule has 2 amide bonds. The predicted octanol–water partition coefficient (Wildman–Crippen LogP) is 0.679.